The van der Waals surface area contributed by atoms with E-state index in [0.717, 1.165) is 4.58 Å². The maximum absolute atomic E-state index is 12.3. The van der Waals surface area contributed by atoms with E-state index < -0.39 is 29.9 Å². The van der Waals surface area contributed by atoms with E-state index in [4.69, 9.17) is 4.74 Å². The minimum absolute atomic E-state index is 0.154. The van der Waals surface area contributed by atoms with Gasteiger partial charge in [-0.25, -0.2) is 9.59 Å². The van der Waals surface area contributed by atoms with Crippen molar-refractivity contribution in [1.82, 2.24) is 5.32 Å². The van der Waals surface area contributed by atoms with Crippen LogP contribution < -0.4 is 10.1 Å². The van der Waals surface area contributed by atoms with Gasteiger partial charge in [-0.3, -0.25) is 4.79 Å². The zero-order valence-electron chi connectivity index (χ0n) is 13.1. The molecule has 130 valence electrons. The molecule has 0 saturated carbocycles. The topological polar surface area (TPSA) is 116 Å². The third-order valence-electron chi connectivity index (χ3n) is 4.16. The summed E-state index contributed by atoms with van der Waals surface area (Å²) in [5, 5.41) is 12.2. The van der Waals surface area contributed by atoms with Crippen molar-refractivity contribution >= 4 is 37.2 Å². The predicted octanol–water partition coefficient (Wildman–Crippen LogP) is -0.183. The van der Waals surface area contributed by atoms with Crippen molar-refractivity contribution in [2.24, 2.45) is 0 Å². The second-order valence-corrected chi connectivity index (χ2v) is 6.40. The number of para-hydroxylation sites is 1. The number of β-lactam (4-membered cyclic amide) rings is 1. The van der Waals surface area contributed by atoms with Gasteiger partial charge >= 0.3 is 17.6 Å². The zero-order valence-corrected chi connectivity index (χ0v) is 14.0. The van der Waals surface area contributed by atoms with Crippen molar-refractivity contribution < 1.29 is 33.7 Å². The first-order valence-electron chi connectivity index (χ1n) is 7.64. The van der Waals surface area contributed by atoms with Crippen LogP contribution >= 0.6 is 8.43 Å². The smallest absolute Gasteiger partial charge is 0.417 e. The largest absolute Gasteiger partial charge is 0.484 e. The number of benzene rings is 1. The quantitative estimate of drug-likeness (QED) is 0.380. The Bertz CT molecular complexity index is 789. The highest BCUT2D eigenvalue weighted by Crippen LogP contribution is 2.26. The molecule has 0 aliphatic carbocycles. The SMILES string of the molecule is O=C(COc1ccccc1)NC1C(=O)[N+]2=C(C(=O)O)C(=PO)CCC12. The molecule has 0 aromatic heterocycles. The van der Waals surface area contributed by atoms with E-state index in [2.05, 4.69) is 5.32 Å². The lowest BCUT2D eigenvalue weighted by atomic mass is 9.87. The first-order valence-corrected chi connectivity index (χ1v) is 8.49. The molecule has 3 N–H and O–H groups in total. The summed E-state index contributed by atoms with van der Waals surface area (Å²) in [7, 11) is -0.154. The summed E-state index contributed by atoms with van der Waals surface area (Å²) in [6.45, 7) is -0.233. The van der Waals surface area contributed by atoms with Crippen molar-refractivity contribution in [1.29, 1.82) is 0 Å². The highest BCUT2D eigenvalue weighted by Gasteiger charge is 2.60. The van der Waals surface area contributed by atoms with Crippen molar-refractivity contribution in [3.63, 3.8) is 0 Å². The maximum Gasteiger partial charge on any atom is 0.417 e. The summed E-state index contributed by atoms with van der Waals surface area (Å²) in [5.74, 6) is -1.66. The normalized spacial score (nSPS) is 23.7. The van der Waals surface area contributed by atoms with E-state index in [0.29, 0.717) is 23.9 Å². The molecular weight excluding hydrogens is 347 g/mol. The third-order valence-corrected chi connectivity index (χ3v) is 4.84. The number of nitrogens with zero attached hydrogens (tertiary/aromatic N) is 1. The molecule has 9 heteroatoms. The van der Waals surface area contributed by atoms with E-state index in [1.165, 1.54) is 0 Å². The molecule has 2 amide bonds. The van der Waals surface area contributed by atoms with Crippen molar-refractivity contribution in [3.8, 4) is 5.75 Å². The number of rotatable bonds is 5. The number of carboxylic acids is 1. The number of ether oxygens (including phenoxy) is 1. The highest BCUT2D eigenvalue weighted by molar-refractivity contribution is 7.38. The Balaban J connectivity index is 1.66. The van der Waals surface area contributed by atoms with Gasteiger partial charge in [0.1, 0.15) is 5.75 Å². The monoisotopic (exact) mass is 363 g/mol. The van der Waals surface area contributed by atoms with E-state index in [9.17, 15) is 24.4 Å². The second-order valence-electron chi connectivity index (χ2n) is 5.66. The minimum Gasteiger partial charge on any atom is -0.484 e. The summed E-state index contributed by atoms with van der Waals surface area (Å²) in [5.41, 5.74) is -0.184. The van der Waals surface area contributed by atoms with Crippen LogP contribution in [0.5, 0.6) is 5.75 Å². The van der Waals surface area contributed by atoms with Crippen molar-refractivity contribution in [3.05, 3.63) is 30.3 Å². The first kappa shape index (κ1) is 17.3. The Labute approximate surface area is 144 Å². The van der Waals surface area contributed by atoms with Gasteiger partial charge in [0.05, 0.1) is 13.7 Å². The fourth-order valence-electron chi connectivity index (χ4n) is 3.02. The lowest BCUT2D eigenvalue weighted by Gasteiger charge is -2.34. The number of aliphatic carboxylic acids is 1. The number of fused-ring (bicyclic) bond motifs is 1. The van der Waals surface area contributed by atoms with Crippen LogP contribution in [0.2, 0.25) is 0 Å². The van der Waals surface area contributed by atoms with Gasteiger partial charge in [0.15, 0.2) is 12.6 Å². The fourth-order valence-corrected chi connectivity index (χ4v) is 3.55. The van der Waals surface area contributed by atoms with Gasteiger partial charge in [0.2, 0.25) is 6.04 Å². The van der Waals surface area contributed by atoms with Crippen LogP contribution in [0.1, 0.15) is 12.8 Å². The number of nitrogens with one attached hydrogen (secondary N) is 1. The maximum atomic E-state index is 12.3. The van der Waals surface area contributed by atoms with E-state index in [1.807, 2.05) is 6.07 Å². The number of carbonyl (C=O) groups is 3. The van der Waals surface area contributed by atoms with Crippen LogP contribution in [0.15, 0.2) is 30.3 Å². The summed E-state index contributed by atoms with van der Waals surface area (Å²) >= 11 is 0. The van der Waals surface area contributed by atoms with Gasteiger partial charge in [-0.1, -0.05) is 18.2 Å². The van der Waals surface area contributed by atoms with Gasteiger partial charge in [0, 0.05) is 6.42 Å². The summed E-state index contributed by atoms with van der Waals surface area (Å²) in [4.78, 5) is 44.9. The minimum atomic E-state index is -1.26. The third kappa shape index (κ3) is 3.31. The average molecular weight is 363 g/mol. The number of hydrogen-bond donors (Lipinski definition) is 3. The Morgan fingerprint density at radius 2 is 2.04 bits per heavy atom. The van der Waals surface area contributed by atoms with Gasteiger partial charge in [-0.2, -0.15) is 0 Å². The lowest BCUT2D eigenvalue weighted by Crippen LogP contribution is -2.71. The van der Waals surface area contributed by atoms with Gasteiger partial charge in [-0.15, -0.1) is 4.58 Å². The first-order chi connectivity index (χ1) is 12.0. The lowest BCUT2D eigenvalue weighted by molar-refractivity contribution is -0.538. The van der Waals surface area contributed by atoms with E-state index in [-0.39, 0.29) is 20.7 Å². The molecule has 0 bridgehead atoms. The Morgan fingerprint density at radius 3 is 2.68 bits per heavy atom. The Hall–Kier alpha value is -2.57. The molecule has 0 radical (unpaired) electrons. The highest BCUT2D eigenvalue weighted by atomic mass is 31.1. The molecule has 8 nitrogen and oxygen atoms in total. The van der Waals surface area contributed by atoms with Gasteiger partial charge < -0.3 is 20.1 Å². The molecule has 1 aromatic carbocycles. The molecule has 2 aliphatic rings. The van der Waals surface area contributed by atoms with Crippen molar-refractivity contribution in [2.75, 3.05) is 6.61 Å². The molecule has 0 spiro atoms. The Kier molecular flexibility index (Phi) is 4.92. The summed E-state index contributed by atoms with van der Waals surface area (Å²) in [6, 6.07) is 7.63. The average Bonchev–Trinajstić information content (AvgIpc) is 2.63. The molecule has 3 rings (SSSR count). The van der Waals surface area contributed by atoms with Gasteiger partial charge in [-0.05, 0) is 18.6 Å². The fraction of sp³-hybridized carbons (Fsp3) is 0.312. The molecule has 25 heavy (non-hydrogen) atoms. The zero-order chi connectivity index (χ0) is 18.0. The summed E-state index contributed by atoms with van der Waals surface area (Å²) < 4.78 is 6.47. The molecule has 1 fully saturated rings. The Morgan fingerprint density at radius 1 is 1.32 bits per heavy atom. The second kappa shape index (κ2) is 7.13. The van der Waals surface area contributed by atoms with Crippen LogP contribution in [-0.2, 0) is 14.4 Å². The molecule has 2 unspecified atom stereocenters. The van der Waals surface area contributed by atoms with Crippen molar-refractivity contribution in [2.45, 2.75) is 24.9 Å². The number of carbonyl (C=O) groups excluding carboxylic acids is 2. The standard InChI is InChI=1S/C16H15N2O6P/c19-12(8-24-9-4-2-1-3-5-9)17-13-10-6-7-11(25-23)14(16(21)22)18(10)15(13)20/h1-5,10,13H,6-8H2,(H2,17,19,21,22)/p+1. The molecule has 2 heterocycles. The van der Waals surface area contributed by atoms with E-state index in [1.54, 1.807) is 24.3 Å². The number of carboxylic acid groups (broad SMARTS) is 1. The number of hydrogen-bond acceptors (Lipinski definition) is 5. The molecular formula is C16H16N2O6P+. The van der Waals surface area contributed by atoms with Gasteiger partial charge in [0.25, 0.3) is 5.91 Å². The van der Waals surface area contributed by atoms with Crippen LogP contribution in [0, 0.1) is 0 Å². The molecule has 2 aliphatic heterocycles. The van der Waals surface area contributed by atoms with Crippen LogP contribution in [0.25, 0.3) is 0 Å². The molecule has 2 atom stereocenters. The molecule has 1 aromatic rings. The number of amides is 2. The van der Waals surface area contributed by atoms with E-state index >= 15 is 0 Å². The molecule has 1 saturated heterocycles. The predicted molar refractivity (Wildman–Crippen MR) is 88.9 cm³/mol. The van der Waals surface area contributed by atoms with Crippen LogP contribution in [0.4, 0.5) is 0 Å². The van der Waals surface area contributed by atoms with Crippen LogP contribution in [0.3, 0.4) is 0 Å². The van der Waals surface area contributed by atoms with Crippen LogP contribution in [-0.4, -0.2) is 62.1 Å². The summed E-state index contributed by atoms with van der Waals surface area (Å²) in [6.07, 6.45) is 0.844.